The van der Waals surface area contributed by atoms with Crippen molar-refractivity contribution in [3.8, 4) is 0 Å². The van der Waals surface area contributed by atoms with Gasteiger partial charge in [-0.2, -0.15) is 13.2 Å². The van der Waals surface area contributed by atoms with Gasteiger partial charge in [0.05, 0.1) is 11.9 Å². The van der Waals surface area contributed by atoms with Crippen molar-refractivity contribution in [2.45, 2.75) is 32.5 Å². The van der Waals surface area contributed by atoms with Crippen LogP contribution >= 0.6 is 0 Å². The number of ether oxygens (including phenoxy) is 1. The summed E-state index contributed by atoms with van der Waals surface area (Å²) in [7, 11) is 0. The maximum Gasteiger partial charge on any atom is 0.410 e. The van der Waals surface area contributed by atoms with E-state index in [9.17, 15) is 22.8 Å². The highest BCUT2D eigenvalue weighted by molar-refractivity contribution is 5.92. The second-order valence-electron chi connectivity index (χ2n) is 7.15. The molecule has 0 saturated carbocycles. The standard InChI is InChI=1S/C17H23F3N4O3/c1-16(2,3)27-15(26)24-8-6-23(7-9-24)12-4-5-13(21-10-12)14(25)22-11-17(18,19)20/h4-5,10H,6-9,11H2,1-3H3,(H,22,25). The molecule has 0 spiro atoms. The summed E-state index contributed by atoms with van der Waals surface area (Å²) in [6.07, 6.45) is -3.40. The first-order valence-corrected chi connectivity index (χ1v) is 8.48. The summed E-state index contributed by atoms with van der Waals surface area (Å²) in [6, 6.07) is 3.00. The molecule has 10 heteroatoms. The monoisotopic (exact) mass is 388 g/mol. The van der Waals surface area contributed by atoms with E-state index >= 15 is 0 Å². The van der Waals surface area contributed by atoms with Crippen LogP contribution in [0.15, 0.2) is 18.3 Å². The van der Waals surface area contributed by atoms with Crippen molar-refractivity contribution in [3.05, 3.63) is 24.0 Å². The Bertz CT molecular complexity index is 663. The summed E-state index contributed by atoms with van der Waals surface area (Å²) in [5.41, 5.74) is 0.0855. The second-order valence-corrected chi connectivity index (χ2v) is 7.15. The zero-order valence-corrected chi connectivity index (χ0v) is 15.5. The highest BCUT2D eigenvalue weighted by Crippen LogP contribution is 2.18. The van der Waals surface area contributed by atoms with Crippen molar-refractivity contribution in [2.24, 2.45) is 0 Å². The number of hydrogen-bond acceptors (Lipinski definition) is 5. The average molecular weight is 388 g/mol. The van der Waals surface area contributed by atoms with Gasteiger partial charge in [0.2, 0.25) is 0 Å². The maximum absolute atomic E-state index is 12.1. The van der Waals surface area contributed by atoms with Gasteiger partial charge in [0.25, 0.3) is 5.91 Å². The van der Waals surface area contributed by atoms with Gasteiger partial charge < -0.3 is 19.9 Å². The zero-order chi connectivity index (χ0) is 20.2. The summed E-state index contributed by atoms with van der Waals surface area (Å²) in [5.74, 6) is -0.881. The highest BCUT2D eigenvalue weighted by atomic mass is 19.4. The Morgan fingerprint density at radius 2 is 1.78 bits per heavy atom. The molecule has 2 rings (SSSR count). The molecule has 0 unspecified atom stereocenters. The van der Waals surface area contributed by atoms with E-state index < -0.39 is 24.2 Å². The number of nitrogens with zero attached hydrogens (tertiary/aromatic N) is 3. The van der Waals surface area contributed by atoms with E-state index in [0.717, 1.165) is 5.69 Å². The van der Waals surface area contributed by atoms with Gasteiger partial charge in [0.15, 0.2) is 0 Å². The van der Waals surface area contributed by atoms with Crippen LogP contribution in [0.3, 0.4) is 0 Å². The molecule has 1 aromatic rings. The van der Waals surface area contributed by atoms with Crippen LogP contribution in [0.5, 0.6) is 0 Å². The van der Waals surface area contributed by atoms with Gasteiger partial charge in [-0.25, -0.2) is 9.78 Å². The number of amides is 2. The minimum absolute atomic E-state index is 0.0876. The van der Waals surface area contributed by atoms with Gasteiger partial charge in [-0.15, -0.1) is 0 Å². The predicted octanol–water partition coefficient (Wildman–Crippen LogP) is 2.43. The number of piperazine rings is 1. The van der Waals surface area contributed by atoms with Crippen molar-refractivity contribution in [1.82, 2.24) is 15.2 Å². The zero-order valence-electron chi connectivity index (χ0n) is 15.5. The van der Waals surface area contributed by atoms with Crippen LogP contribution in [-0.4, -0.2) is 66.4 Å². The number of pyridine rings is 1. The number of anilines is 1. The number of rotatable bonds is 3. The van der Waals surface area contributed by atoms with Crippen molar-refractivity contribution >= 4 is 17.7 Å². The quantitative estimate of drug-likeness (QED) is 0.861. The van der Waals surface area contributed by atoms with Gasteiger partial charge >= 0.3 is 12.3 Å². The molecule has 1 saturated heterocycles. The number of carbonyl (C=O) groups excluding carboxylic acids is 2. The Balaban J connectivity index is 1.88. The summed E-state index contributed by atoms with van der Waals surface area (Å²) < 4.78 is 41.8. The molecular formula is C17H23F3N4O3. The van der Waals surface area contributed by atoms with Crippen LogP contribution in [0.4, 0.5) is 23.7 Å². The van der Waals surface area contributed by atoms with E-state index in [0.29, 0.717) is 26.2 Å². The van der Waals surface area contributed by atoms with Crippen LogP contribution in [0.25, 0.3) is 0 Å². The van der Waals surface area contributed by atoms with Gasteiger partial charge in [0, 0.05) is 26.2 Å². The third-order valence-electron chi connectivity index (χ3n) is 3.73. The molecule has 0 atom stereocenters. The molecule has 0 radical (unpaired) electrons. The molecule has 1 aliphatic heterocycles. The van der Waals surface area contributed by atoms with Crippen molar-refractivity contribution < 1.29 is 27.5 Å². The maximum atomic E-state index is 12.1. The largest absolute Gasteiger partial charge is 0.444 e. The van der Waals surface area contributed by atoms with Gasteiger partial charge in [-0.3, -0.25) is 4.79 Å². The Labute approximate surface area is 155 Å². The minimum atomic E-state index is -4.47. The van der Waals surface area contributed by atoms with E-state index in [4.69, 9.17) is 4.74 Å². The van der Waals surface area contributed by atoms with Crippen LogP contribution in [0.1, 0.15) is 31.3 Å². The van der Waals surface area contributed by atoms with Gasteiger partial charge in [-0.1, -0.05) is 0 Å². The van der Waals surface area contributed by atoms with Crippen LogP contribution in [0.2, 0.25) is 0 Å². The van der Waals surface area contributed by atoms with Crippen LogP contribution < -0.4 is 10.2 Å². The fraction of sp³-hybridized carbons (Fsp3) is 0.588. The summed E-state index contributed by atoms with van der Waals surface area (Å²) in [4.78, 5) is 31.3. The molecule has 2 amide bonds. The molecule has 0 aliphatic carbocycles. The number of aromatic nitrogens is 1. The molecule has 27 heavy (non-hydrogen) atoms. The molecule has 1 N–H and O–H groups in total. The molecule has 1 fully saturated rings. The smallest absolute Gasteiger partial charge is 0.410 e. The Morgan fingerprint density at radius 3 is 2.26 bits per heavy atom. The lowest BCUT2D eigenvalue weighted by Gasteiger charge is -2.36. The normalized spacial score (nSPS) is 15.5. The van der Waals surface area contributed by atoms with Gasteiger partial charge in [-0.05, 0) is 32.9 Å². The van der Waals surface area contributed by atoms with E-state index in [-0.39, 0.29) is 11.8 Å². The molecular weight excluding hydrogens is 365 g/mol. The van der Waals surface area contributed by atoms with Crippen LogP contribution in [0, 0.1) is 0 Å². The first-order chi connectivity index (χ1) is 12.4. The molecule has 150 valence electrons. The van der Waals surface area contributed by atoms with E-state index in [1.807, 2.05) is 4.90 Å². The summed E-state index contributed by atoms with van der Waals surface area (Å²) in [6.45, 7) is 6.08. The molecule has 1 aromatic heterocycles. The lowest BCUT2D eigenvalue weighted by atomic mass is 10.2. The lowest BCUT2D eigenvalue weighted by Crippen LogP contribution is -2.50. The third kappa shape index (κ3) is 6.61. The van der Waals surface area contributed by atoms with Crippen molar-refractivity contribution in [3.63, 3.8) is 0 Å². The molecule has 1 aliphatic rings. The highest BCUT2D eigenvalue weighted by Gasteiger charge is 2.28. The third-order valence-corrected chi connectivity index (χ3v) is 3.73. The van der Waals surface area contributed by atoms with E-state index in [2.05, 4.69) is 4.98 Å². The Morgan fingerprint density at radius 1 is 1.15 bits per heavy atom. The summed E-state index contributed by atoms with van der Waals surface area (Å²) >= 11 is 0. The average Bonchev–Trinajstić information content (AvgIpc) is 2.58. The molecule has 7 nitrogen and oxygen atoms in total. The Kier molecular flexibility index (Phi) is 6.17. The molecule has 0 aromatic carbocycles. The first-order valence-electron chi connectivity index (χ1n) is 8.48. The number of nitrogens with one attached hydrogen (secondary N) is 1. The fourth-order valence-corrected chi connectivity index (χ4v) is 2.45. The van der Waals surface area contributed by atoms with E-state index in [1.165, 1.54) is 12.3 Å². The number of alkyl halides is 3. The number of halogens is 3. The van der Waals surface area contributed by atoms with Crippen molar-refractivity contribution in [2.75, 3.05) is 37.6 Å². The van der Waals surface area contributed by atoms with Gasteiger partial charge in [0.1, 0.15) is 17.8 Å². The molecule has 2 heterocycles. The number of hydrogen-bond donors (Lipinski definition) is 1. The SMILES string of the molecule is CC(C)(C)OC(=O)N1CCN(c2ccc(C(=O)NCC(F)(F)F)nc2)CC1. The topological polar surface area (TPSA) is 74.8 Å². The Hall–Kier alpha value is -2.52. The fourth-order valence-electron chi connectivity index (χ4n) is 2.45. The first kappa shape index (κ1) is 20.8. The molecule has 0 bridgehead atoms. The van der Waals surface area contributed by atoms with Crippen molar-refractivity contribution in [1.29, 1.82) is 0 Å². The number of carbonyl (C=O) groups is 2. The lowest BCUT2D eigenvalue weighted by molar-refractivity contribution is -0.123. The summed E-state index contributed by atoms with van der Waals surface area (Å²) in [5, 5.41) is 1.78. The second kappa shape index (κ2) is 8.01. The predicted molar refractivity (Wildman–Crippen MR) is 92.6 cm³/mol. The van der Waals surface area contributed by atoms with Crippen LogP contribution in [-0.2, 0) is 4.74 Å². The minimum Gasteiger partial charge on any atom is -0.444 e. The van der Waals surface area contributed by atoms with E-state index in [1.54, 1.807) is 37.1 Å².